The number of hydrogen-bond donors (Lipinski definition) is 2. The second-order valence-corrected chi connectivity index (χ2v) is 7.97. The van der Waals surface area contributed by atoms with E-state index in [0.717, 1.165) is 25.7 Å². The third-order valence-corrected chi connectivity index (χ3v) is 5.50. The Bertz CT molecular complexity index is 1100. The van der Waals surface area contributed by atoms with Crippen molar-refractivity contribution in [3.63, 3.8) is 0 Å². The Morgan fingerprint density at radius 3 is 2.47 bits per heavy atom. The third-order valence-electron chi connectivity index (χ3n) is 5.19. The molecule has 170 valence electrons. The number of hydrogen-bond acceptors (Lipinski definition) is 6. The first-order chi connectivity index (χ1) is 15.5. The van der Waals surface area contributed by atoms with Gasteiger partial charge in [0, 0.05) is 18.4 Å². The summed E-state index contributed by atoms with van der Waals surface area (Å²) in [5, 5.41) is 13.2. The smallest absolute Gasteiger partial charge is 0.348 e. The highest BCUT2D eigenvalue weighted by atomic mass is 35.5. The number of anilines is 1. The summed E-state index contributed by atoms with van der Waals surface area (Å²) in [7, 11) is 0. The molecule has 3 aromatic rings. The predicted molar refractivity (Wildman–Crippen MR) is 123 cm³/mol. The summed E-state index contributed by atoms with van der Waals surface area (Å²) in [5.74, 6) is -0.129. The molecule has 0 saturated heterocycles. The molecule has 1 unspecified atom stereocenters. The Labute approximate surface area is 191 Å². The van der Waals surface area contributed by atoms with Gasteiger partial charge in [0.15, 0.2) is 0 Å². The highest BCUT2D eigenvalue weighted by molar-refractivity contribution is 6.30. The van der Waals surface area contributed by atoms with Crippen molar-refractivity contribution in [3.8, 4) is 11.4 Å². The van der Waals surface area contributed by atoms with E-state index in [0.29, 0.717) is 22.9 Å². The molecule has 2 heterocycles. The molecule has 0 aliphatic heterocycles. The molecule has 1 atom stereocenters. The van der Waals surface area contributed by atoms with Crippen LogP contribution in [-0.2, 0) is 0 Å². The van der Waals surface area contributed by atoms with Gasteiger partial charge in [-0.1, -0.05) is 44.4 Å². The minimum Gasteiger partial charge on any atom is -0.394 e. The molecule has 0 spiro atoms. The van der Waals surface area contributed by atoms with Gasteiger partial charge in [-0.25, -0.2) is 19.2 Å². The molecule has 32 heavy (non-hydrogen) atoms. The molecule has 0 fully saturated rings. The average molecular weight is 460 g/mol. The molecule has 9 heteroatoms. The first kappa shape index (κ1) is 23.8. The highest BCUT2D eigenvalue weighted by Gasteiger charge is 2.17. The predicted octanol–water partition coefficient (Wildman–Crippen LogP) is 4.46. The second-order valence-electron chi connectivity index (χ2n) is 7.56. The molecule has 0 radical (unpaired) electrons. The summed E-state index contributed by atoms with van der Waals surface area (Å²) >= 11 is 5.74. The van der Waals surface area contributed by atoms with E-state index in [1.165, 1.54) is 22.9 Å². The number of aliphatic hydroxyl groups is 1. The molecule has 0 aliphatic rings. The van der Waals surface area contributed by atoms with Gasteiger partial charge in [-0.2, -0.15) is 4.98 Å². The minimum absolute atomic E-state index is 0.0282. The van der Waals surface area contributed by atoms with Gasteiger partial charge in [-0.05, 0) is 42.7 Å². The van der Waals surface area contributed by atoms with E-state index in [9.17, 15) is 14.3 Å². The maximum absolute atomic E-state index is 13.9. The van der Waals surface area contributed by atoms with Crippen LogP contribution in [0.15, 0.2) is 47.5 Å². The van der Waals surface area contributed by atoms with Crippen molar-refractivity contribution in [2.45, 2.75) is 51.6 Å². The van der Waals surface area contributed by atoms with Gasteiger partial charge in [0.2, 0.25) is 5.95 Å². The van der Waals surface area contributed by atoms with E-state index in [-0.39, 0.29) is 11.1 Å². The van der Waals surface area contributed by atoms with Crippen LogP contribution < -0.4 is 11.0 Å². The zero-order valence-corrected chi connectivity index (χ0v) is 18.9. The topological polar surface area (TPSA) is 92.9 Å². The molecule has 0 saturated carbocycles. The quantitative estimate of drug-likeness (QED) is 0.465. The number of nitrogens with one attached hydrogen (secondary N) is 1. The lowest BCUT2D eigenvalue weighted by molar-refractivity contribution is 0.245. The molecular weight excluding hydrogens is 433 g/mol. The second kappa shape index (κ2) is 11.2. The number of rotatable bonds is 10. The number of aromatic nitrogens is 4. The highest BCUT2D eigenvalue weighted by Crippen LogP contribution is 2.23. The van der Waals surface area contributed by atoms with Gasteiger partial charge < -0.3 is 10.4 Å². The van der Waals surface area contributed by atoms with Crippen LogP contribution >= 0.6 is 11.6 Å². The Kier molecular flexibility index (Phi) is 8.30. The van der Waals surface area contributed by atoms with Crippen LogP contribution in [0.4, 0.5) is 10.3 Å². The van der Waals surface area contributed by atoms with Gasteiger partial charge in [-0.3, -0.25) is 4.57 Å². The summed E-state index contributed by atoms with van der Waals surface area (Å²) in [4.78, 5) is 25.7. The number of nitrogens with zero attached hydrogens (tertiary/aromatic N) is 4. The molecule has 0 aliphatic carbocycles. The van der Waals surface area contributed by atoms with Gasteiger partial charge in [-0.15, -0.1) is 0 Å². The summed E-state index contributed by atoms with van der Waals surface area (Å²) in [6.07, 6.45) is 7.29. The number of benzene rings is 1. The Morgan fingerprint density at radius 1 is 1.12 bits per heavy atom. The van der Waals surface area contributed by atoms with Crippen LogP contribution in [0.2, 0.25) is 5.02 Å². The van der Waals surface area contributed by atoms with Crippen LogP contribution in [0.5, 0.6) is 0 Å². The van der Waals surface area contributed by atoms with Crippen molar-refractivity contribution in [3.05, 3.63) is 69.6 Å². The van der Waals surface area contributed by atoms with Crippen LogP contribution in [0.1, 0.15) is 51.1 Å². The number of aliphatic hydroxyl groups excluding tert-OH is 1. The summed E-state index contributed by atoms with van der Waals surface area (Å²) in [6, 6.07) is 6.98. The fourth-order valence-corrected chi connectivity index (χ4v) is 3.72. The maximum atomic E-state index is 13.9. The fraction of sp³-hybridized carbons (Fsp3) is 0.391. The van der Waals surface area contributed by atoms with Crippen molar-refractivity contribution >= 4 is 17.5 Å². The van der Waals surface area contributed by atoms with E-state index >= 15 is 0 Å². The van der Waals surface area contributed by atoms with Crippen molar-refractivity contribution in [1.82, 2.24) is 19.5 Å². The van der Waals surface area contributed by atoms with E-state index in [2.05, 4.69) is 34.1 Å². The SMILES string of the molecule is CCCC(CCC)Nc1nccc(-c2ccn(C(CO)c3ccc(Cl)c(F)c3)c(=O)n2)n1. The molecule has 0 amide bonds. The normalized spacial score (nSPS) is 12.2. The molecule has 1 aromatic carbocycles. The lowest BCUT2D eigenvalue weighted by Gasteiger charge is -2.18. The molecule has 3 rings (SSSR count). The lowest BCUT2D eigenvalue weighted by atomic mass is 10.1. The molecule has 2 N–H and O–H groups in total. The lowest BCUT2D eigenvalue weighted by Crippen LogP contribution is -2.29. The van der Waals surface area contributed by atoms with Gasteiger partial charge in [0.25, 0.3) is 0 Å². The largest absolute Gasteiger partial charge is 0.394 e. The molecule has 0 bridgehead atoms. The first-order valence-corrected chi connectivity index (χ1v) is 11.1. The first-order valence-electron chi connectivity index (χ1n) is 10.7. The van der Waals surface area contributed by atoms with E-state index in [1.807, 2.05) is 0 Å². The molecular formula is C23H27ClFN5O2. The van der Waals surface area contributed by atoms with Crippen LogP contribution in [0.3, 0.4) is 0 Å². The average Bonchev–Trinajstić information content (AvgIpc) is 2.78. The maximum Gasteiger partial charge on any atom is 0.348 e. The van der Waals surface area contributed by atoms with E-state index in [4.69, 9.17) is 11.6 Å². The Morgan fingerprint density at radius 2 is 1.84 bits per heavy atom. The van der Waals surface area contributed by atoms with Crippen LogP contribution in [-0.4, -0.2) is 37.3 Å². The minimum atomic E-state index is -0.790. The van der Waals surface area contributed by atoms with Crippen molar-refractivity contribution in [1.29, 1.82) is 0 Å². The standard InChI is InChI=1S/C23H27ClFN5O2/c1-3-5-16(6-4-2)27-22-26-11-9-19(28-22)20-10-12-30(23(32)29-20)21(14-31)15-7-8-17(24)18(25)13-15/h7-13,16,21,31H,3-6,14H2,1-2H3,(H,26,27,28). The summed E-state index contributed by atoms with van der Waals surface area (Å²) in [6.45, 7) is 3.87. The van der Waals surface area contributed by atoms with E-state index < -0.39 is 24.2 Å². The molecule has 2 aromatic heterocycles. The Balaban J connectivity index is 1.87. The fourth-order valence-electron chi connectivity index (χ4n) is 3.61. The van der Waals surface area contributed by atoms with Crippen molar-refractivity contribution < 1.29 is 9.50 Å². The van der Waals surface area contributed by atoms with Crippen molar-refractivity contribution in [2.24, 2.45) is 0 Å². The summed E-state index contributed by atoms with van der Waals surface area (Å²) in [5.41, 5.74) is 0.729. The zero-order chi connectivity index (χ0) is 23.1. The Hall–Kier alpha value is -2.84. The van der Waals surface area contributed by atoms with Crippen LogP contribution in [0, 0.1) is 5.82 Å². The number of halogens is 2. The third kappa shape index (κ3) is 5.69. The zero-order valence-electron chi connectivity index (χ0n) is 18.1. The van der Waals surface area contributed by atoms with Crippen molar-refractivity contribution in [2.75, 3.05) is 11.9 Å². The molecule has 7 nitrogen and oxygen atoms in total. The van der Waals surface area contributed by atoms with Gasteiger partial charge in [0.1, 0.15) is 5.82 Å². The van der Waals surface area contributed by atoms with Crippen LogP contribution in [0.25, 0.3) is 11.4 Å². The van der Waals surface area contributed by atoms with Gasteiger partial charge in [0.05, 0.1) is 29.1 Å². The summed E-state index contributed by atoms with van der Waals surface area (Å²) < 4.78 is 15.1. The van der Waals surface area contributed by atoms with Gasteiger partial charge >= 0.3 is 5.69 Å². The van der Waals surface area contributed by atoms with E-state index in [1.54, 1.807) is 24.4 Å². The monoisotopic (exact) mass is 459 g/mol.